The Morgan fingerprint density at radius 1 is 1.15 bits per heavy atom. The lowest BCUT2D eigenvalue weighted by Gasteiger charge is -2.52. The lowest BCUT2D eigenvalue weighted by molar-refractivity contribution is -0.192. The van der Waals surface area contributed by atoms with Crippen LogP contribution in [0, 0.1) is 11.2 Å². The summed E-state index contributed by atoms with van der Waals surface area (Å²) in [6, 6.07) is 3.34. The van der Waals surface area contributed by atoms with E-state index in [1.807, 2.05) is 13.8 Å². The number of rotatable bonds is 5. The van der Waals surface area contributed by atoms with Gasteiger partial charge in [-0.15, -0.1) is 5.10 Å². The maximum Gasteiger partial charge on any atom is 0.490 e. The highest BCUT2D eigenvalue weighted by Gasteiger charge is 2.46. The third kappa shape index (κ3) is 7.87. The van der Waals surface area contributed by atoms with Gasteiger partial charge in [-0.3, -0.25) is 9.69 Å². The topological polar surface area (TPSA) is 95.4 Å². The molecule has 2 aromatic rings. The number of hydrogen-bond acceptors (Lipinski definition) is 6. The van der Waals surface area contributed by atoms with Crippen molar-refractivity contribution in [2.75, 3.05) is 13.1 Å². The number of halogens is 7. The Morgan fingerprint density at radius 3 is 2.26 bits per heavy atom. The lowest BCUT2D eigenvalue weighted by Crippen LogP contribution is -2.54. The Morgan fingerprint density at radius 2 is 1.74 bits per heavy atom. The van der Waals surface area contributed by atoms with Crippen molar-refractivity contribution in [1.82, 2.24) is 19.8 Å². The van der Waals surface area contributed by atoms with E-state index in [-0.39, 0.29) is 23.3 Å². The number of nitrogens with one attached hydrogen (secondary N) is 1. The standard InChI is InChI=1S/C22H26F4N4OS.C2HF3O2/c1-13(2)19-18(28-29-32-19)20(31)27-15-10-21(11-15)5-7-30(8-6-21)12-14-3-4-17(23)16(9-14)22(24,25)26;3-2(4,5)1(6)7/h3-4,9,13,15H,5-8,10-12H2,1-2H3,(H,27,31);(H,6,7). The maximum atomic E-state index is 13.5. The van der Waals surface area contributed by atoms with Crippen molar-refractivity contribution in [3.8, 4) is 0 Å². The van der Waals surface area contributed by atoms with Gasteiger partial charge >= 0.3 is 18.3 Å². The molecular weight excluding hydrogens is 557 g/mol. The number of piperidine rings is 1. The average molecular weight is 585 g/mol. The van der Waals surface area contributed by atoms with Gasteiger partial charge < -0.3 is 10.4 Å². The van der Waals surface area contributed by atoms with E-state index in [1.165, 1.54) is 17.6 Å². The van der Waals surface area contributed by atoms with Gasteiger partial charge in [0.15, 0.2) is 5.69 Å². The Kier molecular flexibility index (Phi) is 9.25. The Hall–Kier alpha value is -2.81. The molecule has 4 rings (SSSR count). The van der Waals surface area contributed by atoms with Gasteiger partial charge in [0.25, 0.3) is 5.91 Å². The molecule has 1 amide bonds. The fourth-order valence-corrected chi connectivity index (χ4v) is 5.46. The Labute approximate surface area is 223 Å². The van der Waals surface area contributed by atoms with E-state index in [1.54, 1.807) is 0 Å². The summed E-state index contributed by atoms with van der Waals surface area (Å²) in [6.07, 6.45) is -6.11. The van der Waals surface area contributed by atoms with Crippen molar-refractivity contribution in [1.29, 1.82) is 0 Å². The van der Waals surface area contributed by atoms with E-state index in [0.29, 0.717) is 17.8 Å². The second-order valence-electron chi connectivity index (χ2n) is 10.1. The van der Waals surface area contributed by atoms with Crippen LogP contribution in [0.2, 0.25) is 0 Å². The fourth-order valence-electron chi connectivity index (χ4n) is 4.82. The van der Waals surface area contributed by atoms with Crippen LogP contribution in [0.25, 0.3) is 0 Å². The molecule has 1 aliphatic carbocycles. The first-order valence-corrected chi connectivity index (χ1v) is 12.8. The smallest absolute Gasteiger partial charge is 0.475 e. The van der Waals surface area contributed by atoms with Crippen LogP contribution in [0.15, 0.2) is 18.2 Å². The van der Waals surface area contributed by atoms with Gasteiger partial charge in [-0.2, -0.15) is 26.3 Å². The molecule has 216 valence electrons. The predicted octanol–water partition coefficient (Wildman–Crippen LogP) is 5.63. The molecular formula is C24H27F7N4O3S. The second-order valence-corrected chi connectivity index (χ2v) is 10.9. The van der Waals surface area contributed by atoms with Crippen LogP contribution in [0.3, 0.4) is 0 Å². The molecule has 0 radical (unpaired) electrons. The van der Waals surface area contributed by atoms with Crippen LogP contribution in [0.4, 0.5) is 30.7 Å². The van der Waals surface area contributed by atoms with Gasteiger partial charge in [-0.1, -0.05) is 24.4 Å². The molecule has 2 heterocycles. The molecule has 0 bridgehead atoms. The summed E-state index contributed by atoms with van der Waals surface area (Å²) in [4.78, 5) is 24.5. The summed E-state index contributed by atoms with van der Waals surface area (Å²) in [5, 5.41) is 14.2. The molecule has 1 aliphatic heterocycles. The third-order valence-corrected chi connectivity index (χ3v) is 7.87. The van der Waals surface area contributed by atoms with Gasteiger partial charge in [0.2, 0.25) is 0 Å². The lowest BCUT2D eigenvalue weighted by atomic mass is 9.60. The fraction of sp³-hybridized carbons (Fsp3) is 0.583. The molecule has 1 spiro atoms. The molecule has 15 heteroatoms. The Balaban J connectivity index is 0.000000532. The number of hydrogen-bond donors (Lipinski definition) is 2. The van der Waals surface area contributed by atoms with E-state index >= 15 is 0 Å². The minimum Gasteiger partial charge on any atom is -0.475 e. The van der Waals surface area contributed by atoms with Gasteiger partial charge in [-0.25, -0.2) is 9.18 Å². The molecule has 2 aliphatic rings. The molecule has 0 unspecified atom stereocenters. The van der Waals surface area contributed by atoms with Gasteiger partial charge in [0.1, 0.15) is 5.82 Å². The third-order valence-electron chi connectivity index (χ3n) is 6.85. The summed E-state index contributed by atoms with van der Waals surface area (Å²) in [5.74, 6) is -3.97. The quantitative estimate of drug-likeness (QED) is 0.443. The molecule has 2 fully saturated rings. The number of carboxylic acid groups (broad SMARTS) is 1. The van der Waals surface area contributed by atoms with Crippen molar-refractivity contribution in [2.45, 2.75) is 70.4 Å². The molecule has 1 aromatic heterocycles. The summed E-state index contributed by atoms with van der Waals surface area (Å²) in [7, 11) is 0. The molecule has 0 atom stereocenters. The van der Waals surface area contributed by atoms with Crippen molar-refractivity contribution in [2.24, 2.45) is 5.41 Å². The number of nitrogens with zero attached hydrogens (tertiary/aromatic N) is 3. The van der Waals surface area contributed by atoms with Crippen LogP contribution >= 0.6 is 11.5 Å². The van der Waals surface area contributed by atoms with E-state index in [0.717, 1.165) is 55.8 Å². The normalized spacial score (nSPS) is 17.9. The van der Waals surface area contributed by atoms with E-state index in [4.69, 9.17) is 9.90 Å². The highest BCUT2D eigenvalue weighted by molar-refractivity contribution is 7.05. The van der Waals surface area contributed by atoms with Crippen LogP contribution in [0.1, 0.15) is 71.9 Å². The molecule has 2 N–H and O–H groups in total. The van der Waals surface area contributed by atoms with Crippen LogP contribution in [0.5, 0.6) is 0 Å². The summed E-state index contributed by atoms with van der Waals surface area (Å²) in [5.41, 5.74) is -0.156. The van der Waals surface area contributed by atoms with Crippen molar-refractivity contribution in [3.63, 3.8) is 0 Å². The molecule has 1 aromatic carbocycles. The van der Waals surface area contributed by atoms with Gasteiger partial charge in [-0.05, 0) is 79.3 Å². The number of carbonyl (C=O) groups excluding carboxylic acids is 1. The number of amides is 1. The molecule has 39 heavy (non-hydrogen) atoms. The van der Waals surface area contributed by atoms with E-state index in [9.17, 15) is 35.5 Å². The average Bonchev–Trinajstić information content (AvgIpc) is 3.30. The van der Waals surface area contributed by atoms with Crippen molar-refractivity contribution in [3.05, 3.63) is 45.7 Å². The SMILES string of the molecule is CC(C)c1snnc1C(=O)NC1CC2(CCN(Cc3ccc(F)c(C(F)(F)F)c3)CC2)C1.O=C(O)C(F)(F)F. The largest absolute Gasteiger partial charge is 0.490 e. The van der Waals surface area contributed by atoms with Crippen molar-refractivity contribution >= 4 is 23.4 Å². The van der Waals surface area contributed by atoms with Gasteiger partial charge in [0.05, 0.1) is 10.4 Å². The number of aliphatic carboxylic acids is 1. The number of carbonyl (C=O) groups is 2. The zero-order valence-electron chi connectivity index (χ0n) is 21.0. The molecule has 7 nitrogen and oxygen atoms in total. The summed E-state index contributed by atoms with van der Waals surface area (Å²) in [6.45, 7) is 5.93. The number of benzene rings is 1. The van der Waals surface area contributed by atoms with Crippen LogP contribution in [-0.4, -0.2) is 56.8 Å². The number of alkyl halides is 6. The number of likely N-dealkylation sites (tertiary alicyclic amines) is 1. The first-order chi connectivity index (χ1) is 18.0. The maximum absolute atomic E-state index is 13.5. The first-order valence-electron chi connectivity index (χ1n) is 12.0. The van der Waals surface area contributed by atoms with Gasteiger partial charge in [0, 0.05) is 12.6 Å². The highest BCUT2D eigenvalue weighted by Crippen LogP contribution is 2.49. The number of aromatic nitrogens is 2. The zero-order chi connectivity index (χ0) is 29.2. The van der Waals surface area contributed by atoms with Crippen molar-refractivity contribution < 1.29 is 45.4 Å². The highest BCUT2D eigenvalue weighted by atomic mass is 32.1. The van der Waals surface area contributed by atoms with E-state index in [2.05, 4.69) is 19.8 Å². The molecule has 1 saturated heterocycles. The number of carboxylic acids is 1. The minimum atomic E-state index is -5.08. The predicted molar refractivity (Wildman–Crippen MR) is 127 cm³/mol. The zero-order valence-corrected chi connectivity index (χ0v) is 21.8. The minimum absolute atomic E-state index is 0.113. The summed E-state index contributed by atoms with van der Waals surface area (Å²) < 4.78 is 88.0. The van der Waals surface area contributed by atoms with Crippen LogP contribution in [-0.2, 0) is 17.5 Å². The molecule has 1 saturated carbocycles. The monoisotopic (exact) mass is 584 g/mol. The Bertz CT molecular complexity index is 1170. The second kappa shape index (κ2) is 11.7. The van der Waals surface area contributed by atoms with E-state index < -0.39 is 29.7 Å². The van der Waals surface area contributed by atoms with Crippen LogP contribution < -0.4 is 5.32 Å². The summed E-state index contributed by atoms with van der Waals surface area (Å²) >= 11 is 1.25. The first kappa shape index (κ1) is 30.7.